The Kier molecular flexibility index (Phi) is 5.33. The van der Waals surface area contributed by atoms with Gasteiger partial charge in [-0.1, -0.05) is 12.8 Å². The van der Waals surface area contributed by atoms with E-state index in [1.165, 1.54) is 23.3 Å². The summed E-state index contributed by atoms with van der Waals surface area (Å²) in [5.74, 6) is 1.11. The lowest BCUT2D eigenvalue weighted by molar-refractivity contribution is 0.313. The Hall–Kier alpha value is -2.25. The highest BCUT2D eigenvalue weighted by atomic mass is 32.1. The first-order valence-corrected chi connectivity index (χ1v) is 11.7. The van der Waals surface area contributed by atoms with Crippen LogP contribution < -0.4 is 10.2 Å². The Balaban J connectivity index is 1.40. The molecule has 0 unspecified atom stereocenters. The van der Waals surface area contributed by atoms with E-state index < -0.39 is 0 Å². The van der Waals surface area contributed by atoms with E-state index in [0.717, 1.165) is 54.8 Å². The Morgan fingerprint density at radius 3 is 2.53 bits per heavy atom. The van der Waals surface area contributed by atoms with Crippen LogP contribution in [0.1, 0.15) is 42.0 Å². The molecule has 0 spiro atoms. The van der Waals surface area contributed by atoms with Gasteiger partial charge >= 0.3 is 0 Å². The largest absolute Gasteiger partial charge is 0.368 e. The predicted octanol–water partition coefficient (Wildman–Crippen LogP) is 5.29. The average Bonchev–Trinajstić information content (AvgIpc) is 3.39. The molecule has 0 radical (unpaired) electrons. The van der Waals surface area contributed by atoms with Gasteiger partial charge in [0.1, 0.15) is 5.82 Å². The smallest absolute Gasteiger partial charge is 0.174 e. The number of likely N-dealkylation sites (N-methyl/N-ethyl adjacent to an activating group) is 1. The lowest BCUT2D eigenvalue weighted by Gasteiger charge is -2.33. The van der Waals surface area contributed by atoms with Crippen LogP contribution in [0.3, 0.4) is 0 Å². The van der Waals surface area contributed by atoms with Crippen LogP contribution in [-0.2, 0) is 0 Å². The molecule has 0 bridgehead atoms. The van der Waals surface area contributed by atoms with E-state index in [4.69, 9.17) is 0 Å². The molecule has 1 aliphatic heterocycles. The van der Waals surface area contributed by atoms with E-state index in [9.17, 15) is 0 Å². The van der Waals surface area contributed by atoms with Crippen molar-refractivity contribution in [3.63, 3.8) is 0 Å². The Labute approximate surface area is 180 Å². The summed E-state index contributed by atoms with van der Waals surface area (Å²) in [5.41, 5.74) is 2.31. The molecule has 30 heavy (non-hydrogen) atoms. The van der Waals surface area contributed by atoms with Crippen LogP contribution in [-0.4, -0.2) is 48.1 Å². The van der Waals surface area contributed by atoms with Crippen molar-refractivity contribution in [1.29, 1.82) is 0 Å². The number of anilines is 3. The summed E-state index contributed by atoms with van der Waals surface area (Å²) in [5, 5.41) is 3.87. The maximum atomic E-state index is 15.5. The standard InChI is InChI=1S/C23H28FN5S/c1-15-20(16-5-3-4-6-16)21-18(30-15)14-26-23(22(21)24)27-19-8-7-17(13-25-19)29-11-9-28(2)10-12-29/h7-8,13-14,16H,3-6,9-12H2,1-2H3,(H,25,26,27). The van der Waals surface area contributed by atoms with Crippen molar-refractivity contribution in [3.05, 3.63) is 40.8 Å². The van der Waals surface area contributed by atoms with Crippen molar-refractivity contribution < 1.29 is 4.39 Å². The van der Waals surface area contributed by atoms with Crippen LogP contribution in [0, 0.1) is 12.7 Å². The molecule has 1 N–H and O–H groups in total. The first-order chi connectivity index (χ1) is 14.6. The summed E-state index contributed by atoms with van der Waals surface area (Å²) >= 11 is 1.66. The van der Waals surface area contributed by atoms with Crippen molar-refractivity contribution in [2.24, 2.45) is 0 Å². The third-order valence-electron chi connectivity index (χ3n) is 6.52. The topological polar surface area (TPSA) is 44.3 Å². The van der Waals surface area contributed by atoms with Crippen molar-refractivity contribution in [1.82, 2.24) is 14.9 Å². The van der Waals surface area contributed by atoms with Gasteiger partial charge in [0.2, 0.25) is 0 Å². The molecule has 3 aromatic heterocycles. The van der Waals surface area contributed by atoms with Gasteiger partial charge < -0.3 is 15.1 Å². The molecule has 1 saturated carbocycles. The first kappa shape index (κ1) is 19.7. The summed E-state index contributed by atoms with van der Waals surface area (Å²) < 4.78 is 16.5. The molecule has 5 rings (SSSR count). The highest BCUT2D eigenvalue weighted by Gasteiger charge is 2.26. The number of thiophene rings is 1. The van der Waals surface area contributed by atoms with Crippen molar-refractivity contribution in [2.75, 3.05) is 43.4 Å². The number of halogens is 1. The van der Waals surface area contributed by atoms with Gasteiger partial charge in [-0.2, -0.15) is 0 Å². The molecule has 3 aromatic rings. The second-order valence-corrected chi connectivity index (χ2v) is 9.79. The van der Waals surface area contributed by atoms with Crippen LogP contribution in [0.5, 0.6) is 0 Å². The minimum Gasteiger partial charge on any atom is -0.368 e. The van der Waals surface area contributed by atoms with E-state index in [2.05, 4.69) is 45.1 Å². The van der Waals surface area contributed by atoms with E-state index >= 15 is 4.39 Å². The van der Waals surface area contributed by atoms with Crippen molar-refractivity contribution in [3.8, 4) is 0 Å². The Morgan fingerprint density at radius 2 is 1.83 bits per heavy atom. The zero-order valence-corrected chi connectivity index (χ0v) is 18.4. The number of pyridine rings is 2. The molecular weight excluding hydrogens is 397 g/mol. The van der Waals surface area contributed by atoms with Gasteiger partial charge in [-0.05, 0) is 50.4 Å². The molecular formula is C23H28FN5S. The highest BCUT2D eigenvalue weighted by Crippen LogP contribution is 2.44. The maximum absolute atomic E-state index is 15.5. The summed E-state index contributed by atoms with van der Waals surface area (Å²) in [4.78, 5) is 14.8. The molecule has 0 atom stereocenters. The molecule has 0 amide bonds. The van der Waals surface area contributed by atoms with Crippen LogP contribution in [0.15, 0.2) is 24.5 Å². The molecule has 1 aliphatic carbocycles. The van der Waals surface area contributed by atoms with Crippen LogP contribution in [0.2, 0.25) is 0 Å². The fourth-order valence-electron chi connectivity index (χ4n) is 4.82. The van der Waals surface area contributed by atoms with Crippen molar-refractivity contribution >= 4 is 38.7 Å². The van der Waals surface area contributed by atoms with E-state index in [0.29, 0.717) is 11.7 Å². The number of nitrogens with one attached hydrogen (secondary N) is 1. The summed E-state index contributed by atoms with van der Waals surface area (Å²) in [6.45, 7) is 6.22. The van der Waals surface area contributed by atoms with Gasteiger partial charge in [-0.25, -0.2) is 14.4 Å². The molecule has 0 aromatic carbocycles. The number of hydrogen-bond acceptors (Lipinski definition) is 6. The quantitative estimate of drug-likeness (QED) is 0.615. The molecule has 2 fully saturated rings. The fourth-order valence-corrected chi connectivity index (χ4v) is 5.94. The number of rotatable bonds is 4. The number of hydrogen-bond donors (Lipinski definition) is 1. The minimum atomic E-state index is -0.247. The minimum absolute atomic E-state index is 0.247. The SMILES string of the molecule is Cc1sc2cnc(Nc3ccc(N4CCN(C)CC4)cn3)c(F)c2c1C1CCCC1. The Morgan fingerprint density at radius 1 is 1.07 bits per heavy atom. The number of nitrogens with zero attached hydrogens (tertiary/aromatic N) is 4. The normalized spacial score (nSPS) is 18.4. The number of piperazine rings is 1. The third-order valence-corrected chi connectivity index (χ3v) is 7.58. The van der Waals surface area contributed by atoms with Gasteiger partial charge in [0.05, 0.1) is 16.6 Å². The maximum Gasteiger partial charge on any atom is 0.174 e. The van der Waals surface area contributed by atoms with Gasteiger partial charge in [0.15, 0.2) is 11.6 Å². The molecule has 2 aliphatic rings. The second kappa shape index (κ2) is 8.12. The molecule has 158 valence electrons. The molecule has 1 saturated heterocycles. The number of aromatic nitrogens is 2. The monoisotopic (exact) mass is 425 g/mol. The fraction of sp³-hybridized carbons (Fsp3) is 0.478. The molecule has 5 nitrogen and oxygen atoms in total. The van der Waals surface area contributed by atoms with E-state index in [1.807, 2.05) is 12.3 Å². The number of aryl methyl sites for hydroxylation is 1. The zero-order chi connectivity index (χ0) is 20.7. The molecule has 7 heteroatoms. The summed E-state index contributed by atoms with van der Waals surface area (Å²) in [6, 6.07) is 3.96. The van der Waals surface area contributed by atoms with E-state index in [-0.39, 0.29) is 11.6 Å². The third kappa shape index (κ3) is 3.65. The average molecular weight is 426 g/mol. The zero-order valence-electron chi connectivity index (χ0n) is 17.6. The second-order valence-electron chi connectivity index (χ2n) is 8.53. The van der Waals surface area contributed by atoms with Gasteiger partial charge in [0, 0.05) is 42.6 Å². The van der Waals surface area contributed by atoms with Gasteiger partial charge in [0.25, 0.3) is 0 Å². The lowest BCUT2D eigenvalue weighted by Crippen LogP contribution is -2.44. The van der Waals surface area contributed by atoms with E-state index in [1.54, 1.807) is 17.5 Å². The van der Waals surface area contributed by atoms with Crippen molar-refractivity contribution in [2.45, 2.75) is 38.5 Å². The summed E-state index contributed by atoms with van der Waals surface area (Å²) in [6.07, 6.45) is 8.46. The van der Waals surface area contributed by atoms with Gasteiger partial charge in [-0.3, -0.25) is 0 Å². The van der Waals surface area contributed by atoms with Crippen LogP contribution in [0.4, 0.5) is 21.7 Å². The summed E-state index contributed by atoms with van der Waals surface area (Å²) in [7, 11) is 2.15. The molecule has 4 heterocycles. The highest BCUT2D eigenvalue weighted by molar-refractivity contribution is 7.19. The predicted molar refractivity (Wildman–Crippen MR) is 123 cm³/mol. The Bertz CT molecular complexity index is 1030. The van der Waals surface area contributed by atoms with Crippen LogP contribution in [0.25, 0.3) is 10.1 Å². The lowest BCUT2D eigenvalue weighted by atomic mass is 9.95. The first-order valence-electron chi connectivity index (χ1n) is 10.8. The van der Waals surface area contributed by atoms with Crippen LogP contribution >= 0.6 is 11.3 Å². The van der Waals surface area contributed by atoms with Gasteiger partial charge in [-0.15, -0.1) is 11.3 Å². The number of fused-ring (bicyclic) bond motifs is 1.